The lowest BCUT2D eigenvalue weighted by molar-refractivity contribution is -0.138. The maximum absolute atomic E-state index is 10.8. The Balaban J connectivity index is 2.01. The van der Waals surface area contributed by atoms with Gasteiger partial charge in [-0.25, -0.2) is 9.98 Å². The van der Waals surface area contributed by atoms with E-state index in [1.54, 1.807) is 0 Å². The summed E-state index contributed by atoms with van der Waals surface area (Å²) in [4.78, 5) is 19.0. The molecule has 3 N–H and O–H groups in total. The molecule has 0 heterocycles. The minimum absolute atomic E-state index is 0.317. The molecule has 2 aromatic carbocycles. The molecule has 0 bridgehead atoms. The highest BCUT2D eigenvalue weighted by molar-refractivity contribution is 8.13. The van der Waals surface area contributed by atoms with E-state index < -0.39 is 12.0 Å². The van der Waals surface area contributed by atoms with Gasteiger partial charge in [0.1, 0.15) is 6.04 Å². The van der Waals surface area contributed by atoms with Gasteiger partial charge in [0.2, 0.25) is 0 Å². The van der Waals surface area contributed by atoms with Crippen LogP contribution in [0.4, 0.5) is 0 Å². The third kappa shape index (κ3) is 6.51. The molecule has 0 aromatic heterocycles. The van der Waals surface area contributed by atoms with Crippen LogP contribution in [0, 0.1) is 0 Å². The number of nitrogens with zero attached hydrogens (tertiary/aromatic N) is 2. The second-order valence-corrected chi connectivity index (χ2v) is 7.06. The third-order valence-electron chi connectivity index (χ3n) is 3.80. The number of nitrogens with two attached hydrogens (primary N) is 1. The van der Waals surface area contributed by atoms with Gasteiger partial charge in [0, 0.05) is 11.4 Å². The number of carboxylic acids is 1. The predicted molar refractivity (Wildman–Crippen MR) is 114 cm³/mol. The summed E-state index contributed by atoms with van der Waals surface area (Å²) < 4.78 is 0. The van der Waals surface area contributed by atoms with Gasteiger partial charge in [-0.15, -0.1) is 0 Å². The molecule has 27 heavy (non-hydrogen) atoms. The molecule has 0 saturated heterocycles. The monoisotopic (exact) mass is 381 g/mol. The first kappa shape index (κ1) is 20.6. The van der Waals surface area contributed by atoms with Gasteiger partial charge in [0.25, 0.3) is 0 Å². The van der Waals surface area contributed by atoms with Gasteiger partial charge >= 0.3 is 5.97 Å². The van der Waals surface area contributed by atoms with Crippen molar-refractivity contribution in [2.75, 3.05) is 0 Å². The lowest BCUT2D eigenvalue weighted by Gasteiger charge is -2.08. The van der Waals surface area contributed by atoms with Crippen LogP contribution in [0.25, 0.3) is 11.1 Å². The van der Waals surface area contributed by atoms with Crippen LogP contribution >= 0.6 is 11.8 Å². The van der Waals surface area contributed by atoms with Crippen molar-refractivity contribution in [2.45, 2.75) is 25.1 Å². The van der Waals surface area contributed by atoms with Crippen molar-refractivity contribution in [1.82, 2.24) is 0 Å². The van der Waals surface area contributed by atoms with Crippen LogP contribution in [0.3, 0.4) is 0 Å². The molecule has 0 aliphatic rings. The van der Waals surface area contributed by atoms with E-state index in [0.29, 0.717) is 17.3 Å². The van der Waals surface area contributed by atoms with Crippen molar-refractivity contribution >= 4 is 29.6 Å². The summed E-state index contributed by atoms with van der Waals surface area (Å²) in [5.41, 5.74) is 10.5. The Morgan fingerprint density at radius 1 is 1.11 bits per heavy atom. The first-order valence-electron chi connectivity index (χ1n) is 8.39. The first-order chi connectivity index (χ1) is 12.9. The Kier molecular flexibility index (Phi) is 7.52. The molecule has 0 radical (unpaired) electrons. The SMILES string of the molecule is C=NC(=NC(=C)C)SCc1ccc(-c2ccc(CC(N)C(=O)O)cc2)cc1. The zero-order chi connectivity index (χ0) is 19.8. The summed E-state index contributed by atoms with van der Waals surface area (Å²) in [5.74, 6) is -0.243. The number of hydrogen-bond donors (Lipinski definition) is 2. The number of thioether (sulfide) groups is 1. The van der Waals surface area contributed by atoms with E-state index in [1.165, 1.54) is 11.8 Å². The molecule has 1 atom stereocenters. The molecule has 0 aliphatic carbocycles. The van der Waals surface area contributed by atoms with E-state index in [9.17, 15) is 4.79 Å². The normalized spacial score (nSPS) is 12.4. The van der Waals surface area contributed by atoms with Crippen molar-refractivity contribution in [3.8, 4) is 11.1 Å². The number of hydrogen-bond acceptors (Lipinski definition) is 4. The number of carboxylic acid groups (broad SMARTS) is 1. The van der Waals surface area contributed by atoms with Crippen molar-refractivity contribution in [3.63, 3.8) is 0 Å². The van der Waals surface area contributed by atoms with Crippen LogP contribution in [-0.4, -0.2) is 29.0 Å². The number of benzene rings is 2. The van der Waals surface area contributed by atoms with Gasteiger partial charge in [0.15, 0.2) is 5.17 Å². The second kappa shape index (κ2) is 9.85. The highest BCUT2D eigenvalue weighted by Gasteiger charge is 2.11. The van der Waals surface area contributed by atoms with Crippen molar-refractivity contribution in [1.29, 1.82) is 0 Å². The third-order valence-corrected chi connectivity index (χ3v) is 4.76. The van der Waals surface area contributed by atoms with Crippen LogP contribution in [0.15, 0.2) is 70.8 Å². The van der Waals surface area contributed by atoms with E-state index >= 15 is 0 Å². The van der Waals surface area contributed by atoms with Crippen LogP contribution in [-0.2, 0) is 17.0 Å². The molecule has 0 aliphatic heterocycles. The zero-order valence-corrected chi connectivity index (χ0v) is 16.1. The average molecular weight is 382 g/mol. The van der Waals surface area contributed by atoms with E-state index in [-0.39, 0.29) is 0 Å². The molecule has 2 aromatic rings. The van der Waals surface area contributed by atoms with E-state index in [4.69, 9.17) is 10.8 Å². The van der Waals surface area contributed by atoms with Crippen molar-refractivity contribution in [2.24, 2.45) is 15.7 Å². The summed E-state index contributed by atoms with van der Waals surface area (Å²) in [5, 5.41) is 9.50. The summed E-state index contributed by atoms with van der Waals surface area (Å²) in [6, 6.07) is 15.2. The predicted octanol–water partition coefficient (Wildman–Crippen LogP) is 4.13. The highest BCUT2D eigenvalue weighted by Crippen LogP contribution is 2.23. The van der Waals surface area contributed by atoms with Gasteiger partial charge in [-0.3, -0.25) is 4.79 Å². The highest BCUT2D eigenvalue weighted by atomic mass is 32.2. The van der Waals surface area contributed by atoms with Gasteiger partial charge < -0.3 is 10.8 Å². The smallest absolute Gasteiger partial charge is 0.320 e. The fraction of sp³-hybridized carbons (Fsp3) is 0.190. The molecule has 1 unspecified atom stereocenters. The standard InChI is InChI=1S/C21H23N3O2S/c1-14(2)24-21(23-3)27-13-16-6-10-18(11-7-16)17-8-4-15(5-9-17)12-19(22)20(25)26/h4-11,19H,1,3,12-13,22H2,2H3,(H,25,26). The molecule has 0 saturated carbocycles. The van der Waals surface area contributed by atoms with Crippen LogP contribution < -0.4 is 5.73 Å². The Morgan fingerprint density at radius 3 is 2.07 bits per heavy atom. The topological polar surface area (TPSA) is 88.0 Å². The Hall–Kier alpha value is -2.70. The van der Waals surface area contributed by atoms with Crippen LogP contribution in [0.2, 0.25) is 0 Å². The molecule has 140 valence electrons. The van der Waals surface area contributed by atoms with Gasteiger partial charge in [-0.2, -0.15) is 0 Å². The quantitative estimate of drug-likeness (QED) is 0.557. The number of carbonyl (C=O) groups is 1. The van der Waals surface area contributed by atoms with Crippen molar-refractivity contribution < 1.29 is 9.90 Å². The Bertz CT molecular complexity index is 843. The number of rotatable bonds is 7. The maximum atomic E-state index is 10.8. The average Bonchev–Trinajstić information content (AvgIpc) is 2.65. The van der Waals surface area contributed by atoms with Crippen LogP contribution in [0.1, 0.15) is 18.1 Å². The molecule has 0 amide bonds. The minimum atomic E-state index is -0.990. The van der Waals surface area contributed by atoms with Crippen LogP contribution in [0.5, 0.6) is 0 Å². The maximum Gasteiger partial charge on any atom is 0.320 e. The molecule has 0 spiro atoms. The number of aliphatic carboxylic acids is 1. The number of allylic oxidation sites excluding steroid dienone is 1. The summed E-state index contributed by atoms with van der Waals surface area (Å²) in [6.07, 6.45) is 0.317. The molecule has 5 nitrogen and oxygen atoms in total. The van der Waals surface area contributed by atoms with Gasteiger partial charge in [-0.1, -0.05) is 66.9 Å². The fourth-order valence-electron chi connectivity index (χ4n) is 2.39. The lowest BCUT2D eigenvalue weighted by atomic mass is 10.0. The summed E-state index contributed by atoms with van der Waals surface area (Å²) in [7, 11) is 0. The van der Waals surface area contributed by atoms with Gasteiger partial charge in [-0.05, 0) is 42.3 Å². The largest absolute Gasteiger partial charge is 0.480 e. The first-order valence-corrected chi connectivity index (χ1v) is 9.38. The summed E-state index contributed by atoms with van der Waals surface area (Å²) in [6.45, 7) is 9.10. The second-order valence-electron chi connectivity index (χ2n) is 6.12. The summed E-state index contributed by atoms with van der Waals surface area (Å²) >= 11 is 1.51. The minimum Gasteiger partial charge on any atom is -0.480 e. The Labute approximate surface area is 163 Å². The zero-order valence-electron chi connectivity index (χ0n) is 15.3. The Morgan fingerprint density at radius 2 is 1.63 bits per heavy atom. The fourth-order valence-corrected chi connectivity index (χ4v) is 3.19. The molecular weight excluding hydrogens is 358 g/mol. The van der Waals surface area contributed by atoms with E-state index in [2.05, 4.69) is 47.5 Å². The van der Waals surface area contributed by atoms with E-state index in [1.807, 2.05) is 31.2 Å². The molecular formula is C21H23N3O2S. The molecule has 2 rings (SSSR count). The van der Waals surface area contributed by atoms with Gasteiger partial charge in [0.05, 0.1) is 0 Å². The molecule has 0 fully saturated rings. The lowest BCUT2D eigenvalue weighted by Crippen LogP contribution is -2.32. The van der Waals surface area contributed by atoms with E-state index in [0.717, 1.165) is 28.0 Å². The van der Waals surface area contributed by atoms with Crippen molar-refractivity contribution in [3.05, 3.63) is 71.9 Å². The number of aliphatic imine (C=N–C) groups is 2. The molecule has 6 heteroatoms. The number of amidine groups is 1.